The maximum Gasteiger partial charge on any atom is 0.143 e. The van der Waals surface area contributed by atoms with Gasteiger partial charge in [0.05, 0.1) is 6.42 Å². The van der Waals surface area contributed by atoms with Crippen LogP contribution in [-0.2, 0) is 16.0 Å². The zero-order valence-corrected chi connectivity index (χ0v) is 15.6. The molecule has 0 aliphatic heterocycles. The van der Waals surface area contributed by atoms with Gasteiger partial charge in [0.2, 0.25) is 0 Å². The third-order valence-electron chi connectivity index (χ3n) is 6.34. The second-order valence-corrected chi connectivity index (χ2v) is 8.29. The van der Waals surface area contributed by atoms with Crippen LogP contribution in [0.3, 0.4) is 0 Å². The van der Waals surface area contributed by atoms with Crippen LogP contribution >= 0.6 is 0 Å². The van der Waals surface area contributed by atoms with E-state index in [1.807, 2.05) is 0 Å². The minimum Gasteiger partial charge on any atom is -0.300 e. The Bertz CT molecular complexity index is 598. The topological polar surface area (TPSA) is 34.1 Å². The van der Waals surface area contributed by atoms with Crippen molar-refractivity contribution in [2.75, 3.05) is 0 Å². The molecule has 136 valence electrons. The summed E-state index contributed by atoms with van der Waals surface area (Å²) < 4.78 is 0. The van der Waals surface area contributed by atoms with E-state index in [0.29, 0.717) is 5.92 Å². The van der Waals surface area contributed by atoms with E-state index in [-0.39, 0.29) is 23.9 Å². The summed E-state index contributed by atoms with van der Waals surface area (Å²) in [5.41, 5.74) is 3.12. The van der Waals surface area contributed by atoms with Crippen LogP contribution in [0.1, 0.15) is 88.2 Å². The Morgan fingerprint density at radius 3 is 2.52 bits per heavy atom. The number of aryl methyl sites for hydroxylation is 1. The van der Waals surface area contributed by atoms with Gasteiger partial charge in [-0.1, -0.05) is 43.5 Å². The van der Waals surface area contributed by atoms with Crippen LogP contribution < -0.4 is 0 Å². The molecule has 2 atom stereocenters. The second kappa shape index (κ2) is 8.78. The maximum atomic E-state index is 12.1. The molecule has 2 saturated carbocycles. The highest BCUT2D eigenvalue weighted by molar-refractivity contribution is 5.99. The van der Waals surface area contributed by atoms with Crippen molar-refractivity contribution < 1.29 is 9.59 Å². The third-order valence-corrected chi connectivity index (χ3v) is 6.34. The molecule has 1 aromatic carbocycles. The summed E-state index contributed by atoms with van der Waals surface area (Å²) in [6.07, 6.45) is 12.5. The quantitative estimate of drug-likeness (QED) is 0.603. The maximum absolute atomic E-state index is 12.1. The van der Waals surface area contributed by atoms with E-state index in [1.165, 1.54) is 51.0 Å². The van der Waals surface area contributed by atoms with E-state index in [1.54, 1.807) is 5.56 Å². The van der Waals surface area contributed by atoms with Crippen molar-refractivity contribution in [2.45, 2.75) is 83.5 Å². The molecule has 0 saturated heterocycles. The normalized spacial score (nSPS) is 24.4. The molecule has 1 aromatic rings. The molecular weight excluding hydrogens is 308 g/mol. The second-order valence-electron chi connectivity index (χ2n) is 8.29. The van der Waals surface area contributed by atoms with Crippen LogP contribution in [0.25, 0.3) is 0 Å². The van der Waals surface area contributed by atoms with Gasteiger partial charge in [0.25, 0.3) is 0 Å². The Morgan fingerprint density at radius 1 is 1.00 bits per heavy atom. The number of rotatable bonds is 7. The molecule has 2 aliphatic rings. The predicted molar refractivity (Wildman–Crippen MR) is 102 cm³/mol. The fourth-order valence-electron chi connectivity index (χ4n) is 4.95. The summed E-state index contributed by atoms with van der Waals surface area (Å²) in [7, 11) is 0. The molecule has 0 N–H and O–H groups in total. The van der Waals surface area contributed by atoms with E-state index in [2.05, 4.69) is 24.3 Å². The van der Waals surface area contributed by atoms with E-state index in [0.717, 1.165) is 31.6 Å². The van der Waals surface area contributed by atoms with Gasteiger partial charge in [0.15, 0.2) is 0 Å². The number of Topliss-reactive ketones (excluding diaryl/α,β-unsaturated/α-hetero) is 2. The molecule has 0 amide bonds. The van der Waals surface area contributed by atoms with Crippen LogP contribution in [0.2, 0.25) is 0 Å². The fourth-order valence-corrected chi connectivity index (χ4v) is 4.95. The van der Waals surface area contributed by atoms with Crippen molar-refractivity contribution in [2.24, 2.45) is 11.8 Å². The smallest absolute Gasteiger partial charge is 0.143 e. The Balaban J connectivity index is 1.54. The fraction of sp³-hybridized carbons (Fsp3) is 0.652. The summed E-state index contributed by atoms with van der Waals surface area (Å²) in [5, 5.41) is 0. The van der Waals surface area contributed by atoms with Crippen LogP contribution in [-0.4, -0.2) is 11.6 Å². The number of hydrogen-bond donors (Lipinski definition) is 0. The van der Waals surface area contributed by atoms with Gasteiger partial charge in [-0.2, -0.15) is 0 Å². The van der Waals surface area contributed by atoms with Crippen LogP contribution in [0.5, 0.6) is 0 Å². The number of ketones is 2. The monoisotopic (exact) mass is 340 g/mol. The molecule has 0 radical (unpaired) electrons. The molecule has 0 bridgehead atoms. The Morgan fingerprint density at radius 2 is 1.76 bits per heavy atom. The largest absolute Gasteiger partial charge is 0.300 e. The lowest BCUT2D eigenvalue weighted by Crippen LogP contribution is -2.14. The Kier molecular flexibility index (Phi) is 6.45. The molecule has 25 heavy (non-hydrogen) atoms. The van der Waals surface area contributed by atoms with E-state index < -0.39 is 0 Å². The van der Waals surface area contributed by atoms with E-state index in [4.69, 9.17) is 0 Å². The minimum absolute atomic E-state index is 0.00913. The summed E-state index contributed by atoms with van der Waals surface area (Å²) in [5.74, 6) is 1.74. The lowest BCUT2D eigenvalue weighted by Gasteiger charge is -2.24. The predicted octanol–water partition coefficient (Wildman–Crippen LogP) is 5.63. The highest BCUT2D eigenvalue weighted by Crippen LogP contribution is 2.37. The summed E-state index contributed by atoms with van der Waals surface area (Å²) in [6, 6.07) is 9.03. The zero-order chi connectivity index (χ0) is 17.6. The first-order chi connectivity index (χ1) is 12.1. The highest BCUT2D eigenvalue weighted by atomic mass is 16.1. The number of carbonyl (C=O) groups is 2. The summed E-state index contributed by atoms with van der Waals surface area (Å²) in [6.45, 7) is 1.52. The molecular formula is C23H32O2. The molecule has 2 aliphatic carbocycles. The molecule has 0 heterocycles. The number of benzene rings is 1. The first-order valence-electron chi connectivity index (χ1n) is 10.2. The van der Waals surface area contributed by atoms with Crippen molar-refractivity contribution in [1.29, 1.82) is 0 Å². The summed E-state index contributed by atoms with van der Waals surface area (Å²) in [4.78, 5) is 23.3. The Labute approximate surface area is 152 Å². The highest BCUT2D eigenvalue weighted by Gasteiger charge is 2.30. The average molecular weight is 341 g/mol. The van der Waals surface area contributed by atoms with Gasteiger partial charge in [-0.3, -0.25) is 9.59 Å². The van der Waals surface area contributed by atoms with Crippen molar-refractivity contribution in [3.05, 3.63) is 35.4 Å². The van der Waals surface area contributed by atoms with E-state index >= 15 is 0 Å². The molecule has 0 spiro atoms. The van der Waals surface area contributed by atoms with Gasteiger partial charge >= 0.3 is 0 Å². The van der Waals surface area contributed by atoms with Crippen LogP contribution in [0, 0.1) is 11.8 Å². The molecule has 3 rings (SSSR count). The zero-order valence-electron chi connectivity index (χ0n) is 15.6. The standard InChI is InChI=1S/C23H32O2/c1-17(24)15-23(25)21-14-12-18(16-21)11-13-20-9-5-6-10-22(20)19-7-3-2-4-8-19/h5-6,9-10,18-19,21H,2-4,7-8,11-16H2,1H3. The molecule has 0 aromatic heterocycles. The van der Waals surface area contributed by atoms with Gasteiger partial charge in [-0.15, -0.1) is 0 Å². The summed E-state index contributed by atoms with van der Waals surface area (Å²) >= 11 is 0. The van der Waals surface area contributed by atoms with Gasteiger partial charge < -0.3 is 0 Å². The molecule has 2 fully saturated rings. The van der Waals surface area contributed by atoms with E-state index in [9.17, 15) is 9.59 Å². The molecule has 2 nitrogen and oxygen atoms in total. The third kappa shape index (κ3) is 5.03. The lowest BCUT2D eigenvalue weighted by atomic mass is 9.81. The van der Waals surface area contributed by atoms with Crippen molar-refractivity contribution in [3.63, 3.8) is 0 Å². The van der Waals surface area contributed by atoms with Gasteiger partial charge in [0.1, 0.15) is 11.6 Å². The average Bonchev–Trinajstić information content (AvgIpc) is 3.10. The van der Waals surface area contributed by atoms with Crippen molar-refractivity contribution >= 4 is 11.6 Å². The first-order valence-corrected chi connectivity index (χ1v) is 10.2. The number of hydrogen-bond acceptors (Lipinski definition) is 2. The molecule has 2 heteroatoms. The first kappa shape index (κ1) is 18.4. The van der Waals surface area contributed by atoms with Gasteiger partial charge in [-0.05, 0) is 74.8 Å². The van der Waals surface area contributed by atoms with Gasteiger partial charge in [-0.25, -0.2) is 0 Å². The molecule has 2 unspecified atom stereocenters. The SMILES string of the molecule is CC(=O)CC(=O)C1CCC(CCc2ccccc2C2CCCCC2)C1. The van der Waals surface area contributed by atoms with Crippen molar-refractivity contribution in [1.82, 2.24) is 0 Å². The minimum atomic E-state index is 0.00913. The Hall–Kier alpha value is -1.44. The number of carbonyl (C=O) groups excluding carboxylic acids is 2. The van der Waals surface area contributed by atoms with Crippen molar-refractivity contribution in [3.8, 4) is 0 Å². The van der Waals surface area contributed by atoms with Crippen LogP contribution in [0.4, 0.5) is 0 Å². The van der Waals surface area contributed by atoms with Gasteiger partial charge in [0, 0.05) is 5.92 Å². The lowest BCUT2D eigenvalue weighted by molar-refractivity contribution is -0.128. The van der Waals surface area contributed by atoms with Crippen LogP contribution in [0.15, 0.2) is 24.3 Å².